The van der Waals surface area contributed by atoms with Gasteiger partial charge < -0.3 is 15.7 Å². The Kier molecular flexibility index (Phi) is 5.69. The van der Waals surface area contributed by atoms with Gasteiger partial charge in [-0.25, -0.2) is 9.97 Å². The normalized spacial score (nSPS) is 12.2. The summed E-state index contributed by atoms with van der Waals surface area (Å²) in [5.41, 5.74) is 0. The largest absolute Gasteiger partial charge is 0.393 e. The van der Waals surface area contributed by atoms with Crippen LogP contribution in [0.25, 0.3) is 0 Å². The lowest BCUT2D eigenvalue weighted by atomic mass is 10.2. The lowest BCUT2D eigenvalue weighted by Gasteiger charge is -2.09. The van der Waals surface area contributed by atoms with Crippen molar-refractivity contribution in [1.82, 2.24) is 9.97 Å². The Bertz CT molecular complexity index is 319. The number of anilines is 2. The van der Waals surface area contributed by atoms with E-state index in [0.29, 0.717) is 0 Å². The molecule has 0 aliphatic heterocycles. The number of hydrogen-bond acceptors (Lipinski definition) is 5. The molecule has 5 heteroatoms. The average molecular weight is 238 g/mol. The molecule has 1 rings (SSSR count). The maximum atomic E-state index is 9.15. The van der Waals surface area contributed by atoms with Crippen molar-refractivity contribution in [2.45, 2.75) is 39.2 Å². The average Bonchev–Trinajstić information content (AvgIpc) is 2.34. The topological polar surface area (TPSA) is 70.1 Å². The van der Waals surface area contributed by atoms with E-state index in [-0.39, 0.29) is 6.10 Å². The molecule has 96 valence electrons. The van der Waals surface area contributed by atoms with Gasteiger partial charge in [0.25, 0.3) is 0 Å². The van der Waals surface area contributed by atoms with Gasteiger partial charge in [0.2, 0.25) is 0 Å². The van der Waals surface area contributed by atoms with Gasteiger partial charge in [0.15, 0.2) is 0 Å². The summed E-state index contributed by atoms with van der Waals surface area (Å²) in [7, 11) is 1.85. The van der Waals surface area contributed by atoms with Crippen LogP contribution in [-0.4, -0.2) is 34.8 Å². The van der Waals surface area contributed by atoms with Crippen LogP contribution in [0, 0.1) is 0 Å². The van der Waals surface area contributed by atoms with Gasteiger partial charge in [-0.3, -0.25) is 0 Å². The molecule has 1 heterocycles. The van der Waals surface area contributed by atoms with Crippen molar-refractivity contribution in [3.8, 4) is 0 Å². The summed E-state index contributed by atoms with van der Waals surface area (Å²) < 4.78 is 0. The van der Waals surface area contributed by atoms with Crippen LogP contribution in [0.4, 0.5) is 11.6 Å². The van der Waals surface area contributed by atoms with Crippen molar-refractivity contribution in [1.29, 1.82) is 0 Å². The summed E-state index contributed by atoms with van der Waals surface area (Å²) in [5.74, 6) is 2.50. The first-order valence-corrected chi connectivity index (χ1v) is 6.13. The fourth-order valence-electron chi connectivity index (χ4n) is 1.49. The van der Waals surface area contributed by atoms with Crippen LogP contribution in [-0.2, 0) is 6.42 Å². The molecule has 0 saturated heterocycles. The Labute approximate surface area is 103 Å². The Morgan fingerprint density at radius 3 is 2.65 bits per heavy atom. The van der Waals surface area contributed by atoms with Crippen molar-refractivity contribution >= 4 is 11.6 Å². The molecule has 0 aromatic carbocycles. The number of hydrogen-bond donors (Lipinski definition) is 3. The third-order valence-electron chi connectivity index (χ3n) is 2.45. The summed E-state index contributed by atoms with van der Waals surface area (Å²) in [4.78, 5) is 8.72. The van der Waals surface area contributed by atoms with Crippen LogP contribution in [0.15, 0.2) is 6.07 Å². The number of aryl methyl sites for hydroxylation is 1. The van der Waals surface area contributed by atoms with E-state index in [2.05, 4.69) is 20.6 Å². The van der Waals surface area contributed by atoms with E-state index in [1.165, 1.54) is 0 Å². The third kappa shape index (κ3) is 4.99. The minimum absolute atomic E-state index is 0.235. The maximum Gasteiger partial charge on any atom is 0.132 e. The van der Waals surface area contributed by atoms with E-state index >= 15 is 0 Å². The van der Waals surface area contributed by atoms with Gasteiger partial charge in [0, 0.05) is 26.1 Å². The van der Waals surface area contributed by atoms with E-state index in [9.17, 15) is 0 Å². The highest BCUT2D eigenvalue weighted by molar-refractivity contribution is 5.47. The zero-order valence-electron chi connectivity index (χ0n) is 10.8. The number of aliphatic hydroxyl groups is 1. The molecular formula is C12H22N4O. The molecule has 3 N–H and O–H groups in total. The maximum absolute atomic E-state index is 9.15. The van der Waals surface area contributed by atoms with E-state index in [1.54, 1.807) is 6.92 Å². The van der Waals surface area contributed by atoms with Crippen molar-refractivity contribution in [2.75, 3.05) is 24.2 Å². The molecule has 0 spiro atoms. The quantitative estimate of drug-likeness (QED) is 0.630. The Balaban J connectivity index is 2.51. The van der Waals surface area contributed by atoms with Crippen molar-refractivity contribution in [3.63, 3.8) is 0 Å². The summed E-state index contributed by atoms with van der Waals surface area (Å²) in [6.45, 7) is 4.65. The highest BCUT2D eigenvalue weighted by Crippen LogP contribution is 2.11. The van der Waals surface area contributed by atoms with Crippen LogP contribution in [0.1, 0.15) is 32.5 Å². The number of rotatable bonds is 7. The zero-order chi connectivity index (χ0) is 12.7. The van der Waals surface area contributed by atoms with Gasteiger partial charge in [-0.2, -0.15) is 0 Å². The zero-order valence-corrected chi connectivity index (χ0v) is 10.8. The lowest BCUT2D eigenvalue weighted by Crippen LogP contribution is -2.09. The second kappa shape index (κ2) is 7.06. The molecule has 1 aromatic heterocycles. The molecule has 1 unspecified atom stereocenters. The number of nitrogens with one attached hydrogen (secondary N) is 2. The van der Waals surface area contributed by atoms with Gasteiger partial charge in [0.1, 0.15) is 17.5 Å². The predicted octanol–water partition coefficient (Wildman–Crippen LogP) is 1.65. The fraction of sp³-hybridized carbons (Fsp3) is 0.667. The molecule has 0 amide bonds. The molecule has 1 aromatic rings. The van der Waals surface area contributed by atoms with Crippen LogP contribution in [0.5, 0.6) is 0 Å². The summed E-state index contributed by atoms with van der Waals surface area (Å²) in [6.07, 6.45) is 2.31. The SMILES string of the molecule is CCc1nc(NC)cc(NCCCC(C)O)n1. The van der Waals surface area contributed by atoms with Crippen molar-refractivity contribution in [3.05, 3.63) is 11.9 Å². The first-order valence-electron chi connectivity index (χ1n) is 6.13. The first kappa shape index (κ1) is 13.7. The highest BCUT2D eigenvalue weighted by Gasteiger charge is 2.02. The van der Waals surface area contributed by atoms with Crippen LogP contribution >= 0.6 is 0 Å². The van der Waals surface area contributed by atoms with Crippen LogP contribution in [0.3, 0.4) is 0 Å². The van der Waals surface area contributed by atoms with Gasteiger partial charge in [-0.05, 0) is 19.8 Å². The fourth-order valence-corrected chi connectivity index (χ4v) is 1.49. The Hall–Kier alpha value is -1.36. The van der Waals surface area contributed by atoms with Crippen molar-refractivity contribution < 1.29 is 5.11 Å². The van der Waals surface area contributed by atoms with Gasteiger partial charge in [-0.1, -0.05) is 6.92 Å². The highest BCUT2D eigenvalue weighted by atomic mass is 16.3. The molecule has 5 nitrogen and oxygen atoms in total. The predicted molar refractivity (Wildman–Crippen MR) is 70.4 cm³/mol. The molecular weight excluding hydrogens is 216 g/mol. The van der Waals surface area contributed by atoms with Gasteiger partial charge in [-0.15, -0.1) is 0 Å². The van der Waals surface area contributed by atoms with Crippen molar-refractivity contribution in [2.24, 2.45) is 0 Å². The minimum atomic E-state index is -0.235. The monoisotopic (exact) mass is 238 g/mol. The molecule has 0 saturated carbocycles. The molecule has 17 heavy (non-hydrogen) atoms. The lowest BCUT2D eigenvalue weighted by molar-refractivity contribution is 0.183. The number of aromatic nitrogens is 2. The second-order valence-corrected chi connectivity index (χ2v) is 4.08. The Morgan fingerprint density at radius 2 is 2.06 bits per heavy atom. The molecule has 0 aliphatic rings. The van der Waals surface area contributed by atoms with E-state index in [4.69, 9.17) is 5.11 Å². The number of aliphatic hydroxyl groups excluding tert-OH is 1. The van der Waals surface area contributed by atoms with Crippen LogP contribution < -0.4 is 10.6 Å². The summed E-state index contributed by atoms with van der Waals surface area (Å²) >= 11 is 0. The smallest absolute Gasteiger partial charge is 0.132 e. The summed E-state index contributed by atoms with van der Waals surface area (Å²) in [5, 5.41) is 15.4. The standard InChI is InChI=1S/C12H22N4O/c1-4-10-15-11(13-3)8-12(16-10)14-7-5-6-9(2)17/h8-9,17H,4-7H2,1-3H3,(H2,13,14,15,16). The summed E-state index contributed by atoms with van der Waals surface area (Å²) in [6, 6.07) is 1.89. The first-order chi connectivity index (χ1) is 8.15. The molecule has 1 atom stereocenters. The third-order valence-corrected chi connectivity index (χ3v) is 2.45. The molecule has 0 fully saturated rings. The number of nitrogens with zero attached hydrogens (tertiary/aromatic N) is 2. The molecule has 0 bridgehead atoms. The van der Waals surface area contributed by atoms with E-state index in [0.717, 1.165) is 43.3 Å². The van der Waals surface area contributed by atoms with Gasteiger partial charge in [0.05, 0.1) is 6.10 Å². The second-order valence-electron chi connectivity index (χ2n) is 4.08. The van der Waals surface area contributed by atoms with E-state index in [1.807, 2.05) is 20.0 Å². The molecule has 0 radical (unpaired) electrons. The van der Waals surface area contributed by atoms with Crippen LogP contribution in [0.2, 0.25) is 0 Å². The molecule has 0 aliphatic carbocycles. The van der Waals surface area contributed by atoms with E-state index < -0.39 is 0 Å². The Morgan fingerprint density at radius 1 is 1.35 bits per heavy atom. The minimum Gasteiger partial charge on any atom is -0.393 e. The van der Waals surface area contributed by atoms with Gasteiger partial charge >= 0.3 is 0 Å².